The van der Waals surface area contributed by atoms with E-state index in [4.69, 9.17) is 0 Å². The number of carbonyl (C=O) groups excluding carboxylic acids is 2. The molecule has 2 amide bonds. The van der Waals surface area contributed by atoms with Crippen molar-refractivity contribution < 1.29 is 9.59 Å². The largest absolute Gasteiger partial charge is 0.348 e. The summed E-state index contributed by atoms with van der Waals surface area (Å²) in [4.78, 5) is 30.6. The van der Waals surface area contributed by atoms with E-state index < -0.39 is 0 Å². The average molecular weight is 315 g/mol. The third-order valence-electron chi connectivity index (χ3n) is 5.03. The summed E-state index contributed by atoms with van der Waals surface area (Å²) in [5.41, 5.74) is 0.877. The lowest BCUT2D eigenvalue weighted by Crippen LogP contribution is -2.45. The minimum Gasteiger partial charge on any atom is -0.348 e. The Labute approximate surface area is 137 Å². The standard InChI is InChI=1S/C18H25N3O2/c1-12-10-15(12)18(23)21-9-5-6-14(11-21)17(20-13(2)22)16-7-3-4-8-19-16/h3-4,7-8,12,14-15,17H,5-6,9-11H2,1-2H3,(H,20,22)/t12-,14-,15+,17-/m0/s1. The van der Waals surface area contributed by atoms with Crippen LogP contribution < -0.4 is 5.32 Å². The molecular weight excluding hydrogens is 290 g/mol. The lowest BCUT2D eigenvalue weighted by molar-refractivity contribution is -0.135. The number of hydrogen-bond donors (Lipinski definition) is 1. The number of nitrogens with one attached hydrogen (secondary N) is 1. The molecule has 2 heterocycles. The van der Waals surface area contributed by atoms with E-state index in [-0.39, 0.29) is 23.8 Å². The van der Waals surface area contributed by atoms with E-state index in [9.17, 15) is 9.59 Å². The van der Waals surface area contributed by atoms with Crippen LogP contribution in [-0.4, -0.2) is 34.8 Å². The maximum Gasteiger partial charge on any atom is 0.225 e. The Balaban J connectivity index is 1.73. The number of nitrogens with zero attached hydrogens (tertiary/aromatic N) is 2. The minimum absolute atomic E-state index is 0.0556. The first-order chi connectivity index (χ1) is 11.1. The third kappa shape index (κ3) is 3.71. The normalized spacial score (nSPS) is 28.1. The molecular formula is C18H25N3O2. The molecule has 0 aromatic carbocycles. The van der Waals surface area contributed by atoms with Crippen LogP contribution in [0.1, 0.15) is 44.8 Å². The van der Waals surface area contributed by atoms with Gasteiger partial charge in [0.25, 0.3) is 0 Å². The highest BCUT2D eigenvalue weighted by molar-refractivity contribution is 5.81. The van der Waals surface area contributed by atoms with Crippen molar-refractivity contribution in [2.24, 2.45) is 17.8 Å². The summed E-state index contributed by atoms with van der Waals surface area (Å²) in [5, 5.41) is 3.04. The summed E-state index contributed by atoms with van der Waals surface area (Å²) in [6.45, 7) is 5.22. The van der Waals surface area contributed by atoms with Gasteiger partial charge in [0.05, 0.1) is 11.7 Å². The molecule has 5 heteroatoms. The topological polar surface area (TPSA) is 62.3 Å². The summed E-state index contributed by atoms with van der Waals surface area (Å²) in [6.07, 6.45) is 4.77. The summed E-state index contributed by atoms with van der Waals surface area (Å²) in [7, 11) is 0. The van der Waals surface area contributed by atoms with Gasteiger partial charge in [-0.05, 0) is 37.3 Å². The van der Waals surface area contributed by atoms with Crippen molar-refractivity contribution in [3.8, 4) is 0 Å². The van der Waals surface area contributed by atoms with Crippen LogP contribution in [0.2, 0.25) is 0 Å². The minimum atomic E-state index is -0.124. The van der Waals surface area contributed by atoms with Crippen molar-refractivity contribution in [3.05, 3.63) is 30.1 Å². The fourth-order valence-corrected chi connectivity index (χ4v) is 3.60. The monoisotopic (exact) mass is 315 g/mol. The molecule has 1 aliphatic carbocycles. The van der Waals surface area contributed by atoms with Crippen LogP contribution >= 0.6 is 0 Å². The lowest BCUT2D eigenvalue weighted by Gasteiger charge is -2.37. The molecule has 124 valence electrons. The van der Waals surface area contributed by atoms with Crippen molar-refractivity contribution in [2.75, 3.05) is 13.1 Å². The zero-order valence-corrected chi connectivity index (χ0v) is 13.9. The van der Waals surface area contributed by atoms with E-state index in [1.807, 2.05) is 23.1 Å². The van der Waals surface area contributed by atoms with Gasteiger partial charge in [-0.1, -0.05) is 13.0 Å². The summed E-state index contributed by atoms with van der Waals surface area (Å²) in [6, 6.07) is 5.64. The molecule has 1 saturated carbocycles. The third-order valence-corrected chi connectivity index (χ3v) is 5.03. The number of hydrogen-bond acceptors (Lipinski definition) is 3. The molecule has 2 aliphatic rings. The number of rotatable bonds is 4. The van der Waals surface area contributed by atoms with E-state index in [1.165, 1.54) is 6.92 Å². The number of amides is 2. The molecule has 0 spiro atoms. The lowest BCUT2D eigenvalue weighted by atomic mass is 9.88. The van der Waals surface area contributed by atoms with Crippen molar-refractivity contribution in [3.63, 3.8) is 0 Å². The molecule has 1 saturated heterocycles. The van der Waals surface area contributed by atoms with Gasteiger partial charge in [-0.25, -0.2) is 0 Å². The first-order valence-electron chi connectivity index (χ1n) is 8.53. The van der Waals surface area contributed by atoms with Crippen LogP contribution in [0.4, 0.5) is 0 Å². The second kappa shape index (κ2) is 6.69. The van der Waals surface area contributed by atoms with Crippen molar-refractivity contribution in [1.29, 1.82) is 0 Å². The molecule has 2 fully saturated rings. The first kappa shape index (κ1) is 16.0. The molecule has 1 aromatic rings. The Bertz CT molecular complexity index is 575. The molecule has 0 unspecified atom stereocenters. The van der Waals surface area contributed by atoms with Gasteiger partial charge in [0, 0.05) is 38.0 Å². The quantitative estimate of drug-likeness (QED) is 0.926. The van der Waals surface area contributed by atoms with Crippen LogP contribution in [-0.2, 0) is 9.59 Å². The van der Waals surface area contributed by atoms with Gasteiger partial charge < -0.3 is 10.2 Å². The second-order valence-electron chi connectivity index (χ2n) is 6.94. The summed E-state index contributed by atoms with van der Waals surface area (Å²) >= 11 is 0. The fraction of sp³-hybridized carbons (Fsp3) is 0.611. The van der Waals surface area contributed by atoms with Crippen LogP contribution in [0.15, 0.2) is 24.4 Å². The molecule has 5 nitrogen and oxygen atoms in total. The molecule has 1 aromatic heterocycles. The van der Waals surface area contributed by atoms with Crippen molar-refractivity contribution >= 4 is 11.8 Å². The number of likely N-dealkylation sites (tertiary alicyclic amines) is 1. The van der Waals surface area contributed by atoms with Gasteiger partial charge in [0.1, 0.15) is 0 Å². The van der Waals surface area contributed by atoms with Crippen LogP contribution in [0.5, 0.6) is 0 Å². The molecule has 0 bridgehead atoms. The SMILES string of the molecule is CC(=O)N[C@H](c1ccccn1)[C@H]1CCCN(C(=O)[C@@H]2C[C@@H]2C)C1. The molecule has 0 radical (unpaired) electrons. The summed E-state index contributed by atoms with van der Waals surface area (Å²) in [5.74, 6) is 1.22. The zero-order valence-electron chi connectivity index (χ0n) is 13.9. The van der Waals surface area contributed by atoms with E-state index in [1.54, 1.807) is 6.20 Å². The number of pyridine rings is 1. The Morgan fingerprint density at radius 1 is 1.39 bits per heavy atom. The van der Waals surface area contributed by atoms with Crippen molar-refractivity contribution in [2.45, 2.75) is 39.2 Å². The Morgan fingerprint density at radius 2 is 2.17 bits per heavy atom. The summed E-state index contributed by atoms with van der Waals surface area (Å²) < 4.78 is 0. The number of piperidine rings is 1. The van der Waals surface area contributed by atoms with E-state index in [0.717, 1.165) is 31.5 Å². The van der Waals surface area contributed by atoms with Gasteiger partial charge in [-0.2, -0.15) is 0 Å². The van der Waals surface area contributed by atoms with Gasteiger partial charge in [-0.15, -0.1) is 0 Å². The van der Waals surface area contributed by atoms with Crippen LogP contribution in [0.3, 0.4) is 0 Å². The van der Waals surface area contributed by atoms with E-state index >= 15 is 0 Å². The zero-order chi connectivity index (χ0) is 16.4. The highest BCUT2D eigenvalue weighted by Crippen LogP contribution is 2.40. The second-order valence-corrected chi connectivity index (χ2v) is 6.94. The predicted octanol–water partition coefficient (Wildman–Crippen LogP) is 2.15. The first-order valence-corrected chi connectivity index (χ1v) is 8.53. The average Bonchev–Trinajstić information content (AvgIpc) is 3.29. The Morgan fingerprint density at radius 3 is 2.78 bits per heavy atom. The molecule has 1 N–H and O–H groups in total. The Hall–Kier alpha value is -1.91. The smallest absolute Gasteiger partial charge is 0.225 e. The van der Waals surface area contributed by atoms with Crippen LogP contribution in [0, 0.1) is 17.8 Å². The van der Waals surface area contributed by atoms with E-state index in [0.29, 0.717) is 18.4 Å². The molecule has 23 heavy (non-hydrogen) atoms. The van der Waals surface area contributed by atoms with Crippen LogP contribution in [0.25, 0.3) is 0 Å². The predicted molar refractivity (Wildman–Crippen MR) is 87.4 cm³/mol. The highest BCUT2D eigenvalue weighted by Gasteiger charge is 2.43. The molecule has 3 rings (SSSR count). The maximum atomic E-state index is 12.5. The number of aromatic nitrogens is 1. The fourth-order valence-electron chi connectivity index (χ4n) is 3.60. The van der Waals surface area contributed by atoms with Gasteiger partial charge in [0.2, 0.25) is 11.8 Å². The molecule has 1 aliphatic heterocycles. The highest BCUT2D eigenvalue weighted by atomic mass is 16.2. The van der Waals surface area contributed by atoms with Crippen molar-refractivity contribution in [1.82, 2.24) is 15.2 Å². The van der Waals surface area contributed by atoms with E-state index in [2.05, 4.69) is 17.2 Å². The molecule has 4 atom stereocenters. The van der Waals surface area contributed by atoms with Gasteiger partial charge >= 0.3 is 0 Å². The van der Waals surface area contributed by atoms with Gasteiger partial charge in [-0.3, -0.25) is 14.6 Å². The van der Waals surface area contributed by atoms with Gasteiger partial charge in [0.15, 0.2) is 0 Å². The Kier molecular flexibility index (Phi) is 4.64. The number of carbonyl (C=O) groups is 2. The maximum absolute atomic E-state index is 12.5.